The Morgan fingerprint density at radius 2 is 1.43 bits per heavy atom. The van der Waals surface area contributed by atoms with Crippen LogP contribution in [-0.2, 0) is 0 Å². The second-order valence-electron chi connectivity index (χ2n) is 5.23. The van der Waals surface area contributed by atoms with Crippen molar-refractivity contribution in [1.82, 2.24) is 0 Å². The summed E-state index contributed by atoms with van der Waals surface area (Å²) >= 11 is 0. The molecule has 0 atom stereocenters. The van der Waals surface area contributed by atoms with Crippen molar-refractivity contribution in [3.05, 3.63) is 95.3 Å². The number of carbonyl (C=O) groups excluding carboxylic acids is 1. The third-order valence-corrected chi connectivity index (χ3v) is 3.53. The number of rotatable bonds is 4. The van der Waals surface area contributed by atoms with E-state index in [2.05, 4.69) is 0 Å². The number of benzene rings is 3. The van der Waals surface area contributed by atoms with Gasteiger partial charge in [0.25, 0.3) is 0 Å². The third-order valence-electron chi connectivity index (χ3n) is 3.53. The Bertz CT molecular complexity index is 824. The first-order chi connectivity index (χ1) is 11.1. The molecule has 0 aliphatic carbocycles. The molecular formula is C20H15FO2. The SMILES string of the molecule is Cc1ccc(C(=O)c2ccc(Oc3ccccc3)cc2)cc1F. The molecule has 2 nitrogen and oxygen atoms in total. The summed E-state index contributed by atoms with van der Waals surface area (Å²) in [6, 6.07) is 20.7. The lowest BCUT2D eigenvalue weighted by Gasteiger charge is -2.07. The zero-order valence-corrected chi connectivity index (χ0v) is 12.6. The van der Waals surface area contributed by atoms with Gasteiger partial charge in [0.05, 0.1) is 0 Å². The van der Waals surface area contributed by atoms with E-state index in [0.29, 0.717) is 22.4 Å². The van der Waals surface area contributed by atoms with E-state index in [1.807, 2.05) is 30.3 Å². The highest BCUT2D eigenvalue weighted by Crippen LogP contribution is 2.22. The molecule has 0 saturated carbocycles. The maximum atomic E-state index is 13.6. The molecule has 3 aromatic carbocycles. The monoisotopic (exact) mass is 306 g/mol. The Kier molecular flexibility index (Phi) is 4.20. The first kappa shape index (κ1) is 15.0. The molecule has 0 N–H and O–H groups in total. The molecule has 0 fully saturated rings. The molecular weight excluding hydrogens is 291 g/mol. The molecule has 114 valence electrons. The lowest BCUT2D eigenvalue weighted by molar-refractivity contribution is 0.103. The van der Waals surface area contributed by atoms with Crippen LogP contribution in [0, 0.1) is 12.7 Å². The zero-order chi connectivity index (χ0) is 16.2. The van der Waals surface area contributed by atoms with Crippen LogP contribution in [-0.4, -0.2) is 5.78 Å². The molecule has 0 spiro atoms. The predicted molar refractivity (Wildman–Crippen MR) is 87.5 cm³/mol. The minimum absolute atomic E-state index is 0.213. The smallest absolute Gasteiger partial charge is 0.193 e. The molecule has 0 aliphatic heterocycles. The molecule has 3 heteroatoms. The van der Waals surface area contributed by atoms with Gasteiger partial charge in [-0.1, -0.05) is 30.3 Å². The number of ether oxygens (including phenoxy) is 1. The first-order valence-electron chi connectivity index (χ1n) is 7.27. The van der Waals surface area contributed by atoms with Gasteiger partial charge in [-0.3, -0.25) is 4.79 Å². The van der Waals surface area contributed by atoms with Gasteiger partial charge in [0.1, 0.15) is 17.3 Å². The van der Waals surface area contributed by atoms with Crippen LogP contribution in [0.5, 0.6) is 11.5 Å². The van der Waals surface area contributed by atoms with E-state index >= 15 is 0 Å². The highest BCUT2D eigenvalue weighted by Gasteiger charge is 2.11. The molecule has 0 heterocycles. The summed E-state index contributed by atoms with van der Waals surface area (Å²) in [4.78, 5) is 12.4. The standard InChI is InChI=1S/C20H15FO2/c1-14-7-8-16(13-19(14)21)20(22)15-9-11-18(12-10-15)23-17-5-3-2-4-6-17/h2-13H,1H3. The minimum Gasteiger partial charge on any atom is -0.457 e. The first-order valence-corrected chi connectivity index (χ1v) is 7.27. The molecule has 3 aromatic rings. The van der Waals surface area contributed by atoms with E-state index in [-0.39, 0.29) is 11.6 Å². The zero-order valence-electron chi connectivity index (χ0n) is 12.6. The molecule has 0 amide bonds. The lowest BCUT2D eigenvalue weighted by Crippen LogP contribution is -2.02. The van der Waals surface area contributed by atoms with Crippen LogP contribution in [0.2, 0.25) is 0 Å². The molecule has 0 aromatic heterocycles. The Balaban J connectivity index is 1.78. The number of para-hydroxylation sites is 1. The fourth-order valence-corrected chi connectivity index (χ4v) is 2.20. The fraction of sp³-hybridized carbons (Fsp3) is 0.0500. The van der Waals surface area contributed by atoms with E-state index < -0.39 is 0 Å². The van der Waals surface area contributed by atoms with Gasteiger partial charge in [-0.15, -0.1) is 0 Å². The quantitative estimate of drug-likeness (QED) is 0.622. The maximum absolute atomic E-state index is 13.6. The molecule has 23 heavy (non-hydrogen) atoms. The highest BCUT2D eigenvalue weighted by molar-refractivity contribution is 6.09. The van der Waals surface area contributed by atoms with E-state index in [0.717, 1.165) is 5.75 Å². The lowest BCUT2D eigenvalue weighted by atomic mass is 10.0. The summed E-state index contributed by atoms with van der Waals surface area (Å²) in [5.74, 6) is 0.782. The van der Waals surface area contributed by atoms with Gasteiger partial charge in [0.2, 0.25) is 0 Å². The van der Waals surface area contributed by atoms with Crippen molar-refractivity contribution in [2.45, 2.75) is 6.92 Å². The third kappa shape index (κ3) is 3.46. The van der Waals surface area contributed by atoms with Gasteiger partial charge < -0.3 is 4.74 Å². The fourth-order valence-electron chi connectivity index (χ4n) is 2.20. The van der Waals surface area contributed by atoms with Gasteiger partial charge >= 0.3 is 0 Å². The summed E-state index contributed by atoms with van der Waals surface area (Å²) in [5.41, 5.74) is 1.35. The van der Waals surface area contributed by atoms with Crippen molar-refractivity contribution < 1.29 is 13.9 Å². The van der Waals surface area contributed by atoms with E-state index in [1.54, 1.807) is 43.3 Å². The summed E-state index contributed by atoms with van der Waals surface area (Å²) in [6.07, 6.45) is 0. The molecule has 0 unspecified atom stereocenters. The number of hydrogen-bond acceptors (Lipinski definition) is 2. The average Bonchev–Trinajstić information content (AvgIpc) is 2.58. The van der Waals surface area contributed by atoms with E-state index in [1.165, 1.54) is 6.07 Å². The van der Waals surface area contributed by atoms with Crippen LogP contribution in [0.1, 0.15) is 21.5 Å². The normalized spacial score (nSPS) is 10.3. The van der Waals surface area contributed by atoms with Crippen LogP contribution in [0.4, 0.5) is 4.39 Å². The van der Waals surface area contributed by atoms with Gasteiger partial charge in [0.15, 0.2) is 5.78 Å². The van der Waals surface area contributed by atoms with Gasteiger partial charge in [-0.25, -0.2) is 4.39 Å². The van der Waals surface area contributed by atoms with Crippen LogP contribution in [0.15, 0.2) is 72.8 Å². The van der Waals surface area contributed by atoms with E-state index in [4.69, 9.17) is 4.74 Å². The molecule has 0 bridgehead atoms. The maximum Gasteiger partial charge on any atom is 0.193 e. The predicted octanol–water partition coefficient (Wildman–Crippen LogP) is 5.16. The van der Waals surface area contributed by atoms with Crippen molar-refractivity contribution >= 4 is 5.78 Å². The topological polar surface area (TPSA) is 26.3 Å². The second kappa shape index (κ2) is 6.44. The van der Waals surface area contributed by atoms with Crippen LogP contribution in [0.3, 0.4) is 0 Å². The number of aryl methyl sites for hydroxylation is 1. The Morgan fingerprint density at radius 1 is 0.826 bits per heavy atom. The molecule has 0 radical (unpaired) electrons. The number of ketones is 1. The van der Waals surface area contributed by atoms with Crippen LogP contribution >= 0.6 is 0 Å². The molecule has 3 rings (SSSR count). The summed E-state index contributed by atoms with van der Waals surface area (Å²) in [6.45, 7) is 1.67. The molecule has 0 saturated heterocycles. The van der Waals surface area contributed by atoms with E-state index in [9.17, 15) is 9.18 Å². The van der Waals surface area contributed by atoms with Crippen LogP contribution < -0.4 is 4.74 Å². The Morgan fingerprint density at radius 3 is 2.09 bits per heavy atom. The van der Waals surface area contributed by atoms with Crippen LogP contribution in [0.25, 0.3) is 0 Å². The van der Waals surface area contributed by atoms with Crippen molar-refractivity contribution in [2.75, 3.05) is 0 Å². The van der Waals surface area contributed by atoms with Gasteiger partial charge in [-0.05, 0) is 55.0 Å². The van der Waals surface area contributed by atoms with Crippen molar-refractivity contribution in [3.63, 3.8) is 0 Å². The highest BCUT2D eigenvalue weighted by atomic mass is 19.1. The van der Waals surface area contributed by atoms with Crippen molar-refractivity contribution in [1.29, 1.82) is 0 Å². The minimum atomic E-state index is -0.375. The van der Waals surface area contributed by atoms with Gasteiger partial charge in [-0.2, -0.15) is 0 Å². The largest absolute Gasteiger partial charge is 0.457 e. The second-order valence-corrected chi connectivity index (χ2v) is 5.23. The number of carbonyl (C=O) groups is 1. The summed E-state index contributed by atoms with van der Waals surface area (Å²) < 4.78 is 19.3. The Labute approximate surface area is 134 Å². The molecule has 0 aliphatic rings. The van der Waals surface area contributed by atoms with Gasteiger partial charge in [0, 0.05) is 11.1 Å². The Hall–Kier alpha value is -2.94. The average molecular weight is 306 g/mol. The van der Waals surface area contributed by atoms with Crippen molar-refractivity contribution in [3.8, 4) is 11.5 Å². The number of hydrogen-bond donors (Lipinski definition) is 0. The summed E-state index contributed by atoms with van der Waals surface area (Å²) in [5, 5.41) is 0. The van der Waals surface area contributed by atoms with Crippen molar-refractivity contribution in [2.24, 2.45) is 0 Å². The number of halogens is 1. The summed E-state index contributed by atoms with van der Waals surface area (Å²) in [7, 11) is 0.